The summed E-state index contributed by atoms with van der Waals surface area (Å²) in [6, 6.07) is 9.37. The highest BCUT2D eigenvalue weighted by atomic mass is 35.5. The molecule has 4 heteroatoms. The van der Waals surface area contributed by atoms with Gasteiger partial charge in [0.2, 0.25) is 0 Å². The zero-order valence-electron chi connectivity index (χ0n) is 11.1. The van der Waals surface area contributed by atoms with Crippen LogP contribution in [0.25, 0.3) is 11.3 Å². The largest absolute Gasteiger partial charge is 0.455 e. The van der Waals surface area contributed by atoms with E-state index in [2.05, 4.69) is 19.2 Å². The first-order valence-electron chi connectivity index (χ1n) is 6.42. The topological polar surface area (TPSA) is 29.8 Å². The second-order valence-electron chi connectivity index (χ2n) is 5.01. The van der Waals surface area contributed by atoms with Crippen molar-refractivity contribution in [3.63, 3.8) is 0 Å². The van der Waals surface area contributed by atoms with Crippen LogP contribution in [0.4, 0.5) is 0 Å². The number of quaternary nitrogens is 1. The molecular weight excluding hydrogens is 281 g/mol. The van der Waals surface area contributed by atoms with E-state index in [0.29, 0.717) is 16.0 Å². The van der Waals surface area contributed by atoms with Crippen LogP contribution in [0.3, 0.4) is 0 Å². The minimum Gasteiger partial charge on any atom is -0.455 e. The summed E-state index contributed by atoms with van der Waals surface area (Å²) in [6.45, 7) is 6.36. The van der Waals surface area contributed by atoms with Gasteiger partial charge in [0.25, 0.3) is 0 Å². The number of benzene rings is 1. The fourth-order valence-corrected chi connectivity index (χ4v) is 2.38. The third-order valence-corrected chi connectivity index (χ3v) is 3.39. The molecule has 0 saturated carbocycles. The number of halogens is 2. The van der Waals surface area contributed by atoms with Crippen molar-refractivity contribution < 1.29 is 9.73 Å². The molecule has 19 heavy (non-hydrogen) atoms. The molecule has 0 amide bonds. The summed E-state index contributed by atoms with van der Waals surface area (Å²) in [5, 5.41) is 3.49. The molecule has 0 aliphatic rings. The van der Waals surface area contributed by atoms with Gasteiger partial charge in [0.15, 0.2) is 5.76 Å². The molecule has 2 N–H and O–H groups in total. The van der Waals surface area contributed by atoms with Crippen LogP contribution >= 0.6 is 23.2 Å². The summed E-state index contributed by atoms with van der Waals surface area (Å²) >= 11 is 12.1. The zero-order chi connectivity index (χ0) is 13.8. The molecule has 0 fully saturated rings. The second kappa shape index (κ2) is 6.47. The zero-order valence-corrected chi connectivity index (χ0v) is 12.6. The lowest BCUT2D eigenvalue weighted by Crippen LogP contribution is -2.83. The summed E-state index contributed by atoms with van der Waals surface area (Å²) in [6.07, 6.45) is 0. The molecule has 0 spiro atoms. The number of hydrogen-bond donors (Lipinski definition) is 1. The second-order valence-corrected chi connectivity index (χ2v) is 5.86. The number of rotatable bonds is 5. The van der Waals surface area contributed by atoms with Crippen LogP contribution in [-0.4, -0.2) is 6.54 Å². The monoisotopic (exact) mass is 298 g/mol. The van der Waals surface area contributed by atoms with Gasteiger partial charge in [-0.25, -0.2) is 0 Å². The van der Waals surface area contributed by atoms with E-state index in [1.54, 1.807) is 6.07 Å². The Morgan fingerprint density at radius 3 is 2.63 bits per heavy atom. The van der Waals surface area contributed by atoms with Crippen molar-refractivity contribution >= 4 is 23.2 Å². The van der Waals surface area contributed by atoms with Gasteiger partial charge in [-0.2, -0.15) is 0 Å². The first kappa shape index (κ1) is 14.4. The predicted molar refractivity (Wildman–Crippen MR) is 79.5 cm³/mol. The Morgan fingerprint density at radius 2 is 1.95 bits per heavy atom. The Bertz CT molecular complexity index is 549. The van der Waals surface area contributed by atoms with Gasteiger partial charge in [0.1, 0.15) is 12.3 Å². The molecular formula is C15H18Cl2NO+. The third kappa shape index (κ3) is 4.00. The molecule has 0 aliphatic heterocycles. The highest BCUT2D eigenvalue weighted by molar-refractivity contribution is 6.36. The molecule has 0 aliphatic carbocycles. The van der Waals surface area contributed by atoms with E-state index < -0.39 is 0 Å². The number of furan rings is 1. The van der Waals surface area contributed by atoms with Gasteiger partial charge in [-0.1, -0.05) is 37.0 Å². The average Bonchev–Trinajstić information content (AvgIpc) is 2.77. The third-order valence-electron chi connectivity index (χ3n) is 2.84. The Balaban J connectivity index is 2.08. The summed E-state index contributed by atoms with van der Waals surface area (Å²) in [5.41, 5.74) is 0.876. The predicted octanol–water partition coefficient (Wildman–Crippen LogP) is 3.97. The van der Waals surface area contributed by atoms with Crippen LogP contribution in [0, 0.1) is 5.92 Å². The maximum atomic E-state index is 6.17. The minimum absolute atomic E-state index is 0.611. The van der Waals surface area contributed by atoms with Crippen molar-refractivity contribution in [1.29, 1.82) is 0 Å². The van der Waals surface area contributed by atoms with Gasteiger partial charge in [0.05, 0.1) is 11.6 Å². The van der Waals surface area contributed by atoms with E-state index in [9.17, 15) is 0 Å². The Hall–Kier alpha value is -0.960. The molecule has 0 saturated heterocycles. The van der Waals surface area contributed by atoms with Crippen LogP contribution in [0.5, 0.6) is 0 Å². The molecule has 0 atom stereocenters. The van der Waals surface area contributed by atoms with Crippen LogP contribution in [0.15, 0.2) is 34.7 Å². The van der Waals surface area contributed by atoms with Crippen LogP contribution in [0.1, 0.15) is 19.6 Å². The molecule has 1 aromatic heterocycles. The molecule has 2 rings (SSSR count). The molecule has 0 unspecified atom stereocenters. The van der Waals surface area contributed by atoms with Gasteiger partial charge >= 0.3 is 0 Å². The van der Waals surface area contributed by atoms with Crippen LogP contribution in [-0.2, 0) is 6.54 Å². The first-order chi connectivity index (χ1) is 9.06. The molecule has 2 aromatic rings. The van der Waals surface area contributed by atoms with Gasteiger partial charge in [-0.3, -0.25) is 0 Å². The van der Waals surface area contributed by atoms with E-state index >= 15 is 0 Å². The van der Waals surface area contributed by atoms with Crippen LogP contribution in [0.2, 0.25) is 10.0 Å². The number of hydrogen-bond acceptors (Lipinski definition) is 1. The van der Waals surface area contributed by atoms with Crippen LogP contribution < -0.4 is 5.32 Å². The molecule has 1 aromatic carbocycles. The van der Waals surface area contributed by atoms with E-state index in [4.69, 9.17) is 27.6 Å². The minimum atomic E-state index is 0.611. The normalized spacial score (nSPS) is 11.2. The lowest BCUT2D eigenvalue weighted by Gasteiger charge is -2.03. The lowest BCUT2D eigenvalue weighted by atomic mass is 10.2. The summed E-state index contributed by atoms with van der Waals surface area (Å²) < 4.78 is 5.81. The van der Waals surface area contributed by atoms with Crippen molar-refractivity contribution in [2.75, 3.05) is 6.54 Å². The molecule has 0 bridgehead atoms. The standard InChI is InChI=1S/C15H17Cl2NO/c1-10(2)8-18-9-12-4-6-15(19-12)13-5-3-11(16)7-14(13)17/h3-7,10,18H,8-9H2,1-2H3/p+1. The smallest absolute Gasteiger partial charge is 0.158 e. The molecule has 102 valence electrons. The van der Waals surface area contributed by atoms with Crippen molar-refractivity contribution in [2.45, 2.75) is 20.4 Å². The highest BCUT2D eigenvalue weighted by Crippen LogP contribution is 2.31. The molecule has 2 nitrogen and oxygen atoms in total. The Morgan fingerprint density at radius 1 is 1.16 bits per heavy atom. The maximum Gasteiger partial charge on any atom is 0.158 e. The average molecular weight is 299 g/mol. The van der Waals surface area contributed by atoms with E-state index in [1.807, 2.05) is 24.3 Å². The highest BCUT2D eigenvalue weighted by Gasteiger charge is 2.10. The number of nitrogens with two attached hydrogens (primary N) is 1. The fraction of sp³-hybridized carbons (Fsp3) is 0.333. The SMILES string of the molecule is CC(C)C[NH2+]Cc1ccc(-c2ccc(Cl)cc2Cl)o1. The molecule has 0 radical (unpaired) electrons. The van der Waals surface area contributed by atoms with Crippen molar-refractivity contribution in [1.82, 2.24) is 0 Å². The maximum absolute atomic E-state index is 6.17. The van der Waals surface area contributed by atoms with Crippen molar-refractivity contribution in [3.05, 3.63) is 46.1 Å². The van der Waals surface area contributed by atoms with Crippen molar-refractivity contribution in [3.8, 4) is 11.3 Å². The summed E-state index contributed by atoms with van der Waals surface area (Å²) in [5.74, 6) is 2.43. The quantitative estimate of drug-likeness (QED) is 0.889. The van der Waals surface area contributed by atoms with E-state index in [0.717, 1.165) is 30.2 Å². The molecule has 1 heterocycles. The summed E-state index contributed by atoms with van der Waals surface area (Å²) in [7, 11) is 0. The lowest BCUT2D eigenvalue weighted by molar-refractivity contribution is -0.676. The Kier molecular flexibility index (Phi) is 4.92. The van der Waals surface area contributed by atoms with Gasteiger partial charge in [-0.05, 0) is 30.3 Å². The fourth-order valence-electron chi connectivity index (χ4n) is 1.88. The van der Waals surface area contributed by atoms with E-state index in [1.165, 1.54) is 0 Å². The summed E-state index contributed by atoms with van der Waals surface area (Å²) in [4.78, 5) is 0. The first-order valence-corrected chi connectivity index (χ1v) is 7.17. The van der Waals surface area contributed by atoms with Gasteiger partial charge in [-0.15, -0.1) is 0 Å². The van der Waals surface area contributed by atoms with Crippen molar-refractivity contribution in [2.24, 2.45) is 5.92 Å². The van der Waals surface area contributed by atoms with E-state index in [-0.39, 0.29) is 0 Å². The van der Waals surface area contributed by atoms with Gasteiger partial charge in [0, 0.05) is 16.5 Å². The Labute approximate surface area is 123 Å². The van der Waals surface area contributed by atoms with Gasteiger partial charge < -0.3 is 9.73 Å².